The summed E-state index contributed by atoms with van der Waals surface area (Å²) in [7, 11) is 0. The minimum atomic E-state index is -1.06. The number of fused-ring (bicyclic) bond motifs is 1. The lowest BCUT2D eigenvalue weighted by atomic mass is 9.98. The molecule has 1 N–H and O–H groups in total. The zero-order valence-corrected chi connectivity index (χ0v) is 17.5. The van der Waals surface area contributed by atoms with Crippen molar-refractivity contribution in [1.29, 1.82) is 0 Å². The third-order valence-electron chi connectivity index (χ3n) is 5.26. The summed E-state index contributed by atoms with van der Waals surface area (Å²) in [5, 5.41) is 9.63. The predicted molar refractivity (Wildman–Crippen MR) is 120 cm³/mol. The SMILES string of the molecule is CCCc1cccc(Cl)c1/C=C1\C(=O)N(c2ccc(C(=O)O)cc2)c2cccc(F)c21. The van der Waals surface area contributed by atoms with Crippen molar-refractivity contribution >= 4 is 46.5 Å². The summed E-state index contributed by atoms with van der Waals surface area (Å²) >= 11 is 6.44. The number of carbonyl (C=O) groups is 2. The van der Waals surface area contributed by atoms with Crippen LogP contribution in [0.5, 0.6) is 0 Å². The number of aryl methyl sites for hydroxylation is 1. The van der Waals surface area contributed by atoms with Crippen LogP contribution in [-0.2, 0) is 11.2 Å². The number of carboxylic acid groups (broad SMARTS) is 1. The standard InChI is InChI=1S/C25H19ClFNO3/c1-2-5-15-6-3-7-20(26)18(15)14-19-23-21(27)8-4-9-22(23)28(24(19)29)17-12-10-16(11-13-17)25(30)31/h3-4,6-14H,2,5H2,1H3,(H,30,31)/b19-14-. The van der Waals surface area contributed by atoms with Crippen molar-refractivity contribution in [2.45, 2.75) is 19.8 Å². The Morgan fingerprint density at radius 1 is 1.10 bits per heavy atom. The van der Waals surface area contributed by atoms with Gasteiger partial charge in [0.15, 0.2) is 0 Å². The first-order valence-corrected chi connectivity index (χ1v) is 10.3. The van der Waals surface area contributed by atoms with E-state index in [2.05, 4.69) is 6.92 Å². The van der Waals surface area contributed by atoms with Gasteiger partial charge in [-0.05, 0) is 66.1 Å². The molecule has 6 heteroatoms. The first-order chi connectivity index (χ1) is 14.9. The predicted octanol–water partition coefficient (Wildman–Crippen LogP) is 6.35. The number of carbonyl (C=O) groups excluding carboxylic acids is 1. The molecule has 0 radical (unpaired) electrons. The largest absolute Gasteiger partial charge is 0.478 e. The Labute approximate surface area is 184 Å². The van der Waals surface area contributed by atoms with Gasteiger partial charge in [-0.3, -0.25) is 9.69 Å². The molecule has 4 nitrogen and oxygen atoms in total. The van der Waals surface area contributed by atoms with Crippen LogP contribution in [0.1, 0.15) is 40.4 Å². The number of anilines is 2. The number of aromatic carboxylic acids is 1. The molecule has 0 aliphatic carbocycles. The van der Waals surface area contributed by atoms with Crippen LogP contribution in [0.25, 0.3) is 11.6 Å². The van der Waals surface area contributed by atoms with Gasteiger partial charge in [0, 0.05) is 16.3 Å². The number of benzene rings is 3. The van der Waals surface area contributed by atoms with Crippen LogP contribution < -0.4 is 4.90 Å². The molecular formula is C25H19ClFNO3. The average Bonchev–Trinajstić information content (AvgIpc) is 3.03. The van der Waals surface area contributed by atoms with Crippen LogP contribution in [-0.4, -0.2) is 17.0 Å². The normalized spacial score (nSPS) is 14.2. The van der Waals surface area contributed by atoms with Crippen molar-refractivity contribution in [3.05, 3.63) is 93.8 Å². The van der Waals surface area contributed by atoms with Crippen LogP contribution in [0.15, 0.2) is 60.7 Å². The zero-order valence-electron chi connectivity index (χ0n) is 16.7. The second-order valence-electron chi connectivity index (χ2n) is 7.25. The summed E-state index contributed by atoms with van der Waals surface area (Å²) in [5.41, 5.74) is 3.06. The van der Waals surface area contributed by atoms with Crippen LogP contribution >= 0.6 is 11.6 Å². The van der Waals surface area contributed by atoms with Crippen molar-refractivity contribution in [1.82, 2.24) is 0 Å². The third-order valence-corrected chi connectivity index (χ3v) is 5.59. The molecule has 0 fully saturated rings. The maximum atomic E-state index is 14.9. The molecule has 3 aromatic carbocycles. The maximum absolute atomic E-state index is 14.9. The van der Waals surface area contributed by atoms with E-state index >= 15 is 0 Å². The van der Waals surface area contributed by atoms with E-state index < -0.39 is 17.7 Å². The lowest BCUT2D eigenvalue weighted by Crippen LogP contribution is -2.20. The number of rotatable bonds is 5. The molecule has 0 bridgehead atoms. The molecule has 31 heavy (non-hydrogen) atoms. The Morgan fingerprint density at radius 2 is 1.81 bits per heavy atom. The van der Waals surface area contributed by atoms with Gasteiger partial charge < -0.3 is 5.11 Å². The van der Waals surface area contributed by atoms with Crippen molar-refractivity contribution in [3.8, 4) is 0 Å². The first kappa shape index (κ1) is 20.8. The molecule has 1 aliphatic rings. The van der Waals surface area contributed by atoms with Crippen molar-refractivity contribution in [2.75, 3.05) is 4.90 Å². The fraction of sp³-hybridized carbons (Fsp3) is 0.120. The second-order valence-corrected chi connectivity index (χ2v) is 7.65. The highest BCUT2D eigenvalue weighted by molar-refractivity contribution is 6.39. The highest BCUT2D eigenvalue weighted by atomic mass is 35.5. The highest BCUT2D eigenvalue weighted by Gasteiger charge is 2.36. The number of amides is 1. The number of halogens is 2. The summed E-state index contributed by atoms with van der Waals surface area (Å²) < 4.78 is 14.9. The molecule has 0 unspecified atom stereocenters. The molecule has 4 rings (SSSR count). The van der Waals surface area contributed by atoms with Gasteiger partial charge in [0.05, 0.1) is 16.8 Å². The van der Waals surface area contributed by atoms with E-state index in [1.807, 2.05) is 12.1 Å². The van der Waals surface area contributed by atoms with Crippen molar-refractivity contribution < 1.29 is 19.1 Å². The van der Waals surface area contributed by atoms with E-state index in [1.54, 1.807) is 24.3 Å². The van der Waals surface area contributed by atoms with Crippen molar-refractivity contribution in [3.63, 3.8) is 0 Å². The fourth-order valence-electron chi connectivity index (χ4n) is 3.82. The molecular weight excluding hydrogens is 417 g/mol. The van der Waals surface area contributed by atoms with Gasteiger partial charge in [0.2, 0.25) is 0 Å². The molecule has 0 saturated heterocycles. The Balaban J connectivity index is 1.88. The Bertz CT molecular complexity index is 1220. The van der Waals surface area contributed by atoms with Gasteiger partial charge in [0.1, 0.15) is 5.82 Å². The Kier molecular flexibility index (Phi) is 5.61. The Morgan fingerprint density at radius 3 is 2.48 bits per heavy atom. The fourth-order valence-corrected chi connectivity index (χ4v) is 4.07. The van der Waals surface area contributed by atoms with E-state index in [4.69, 9.17) is 16.7 Å². The molecule has 156 valence electrons. The molecule has 3 aromatic rings. The molecule has 0 aromatic heterocycles. The zero-order chi connectivity index (χ0) is 22.1. The van der Waals surface area contributed by atoms with Gasteiger partial charge in [-0.2, -0.15) is 0 Å². The topological polar surface area (TPSA) is 57.6 Å². The summed E-state index contributed by atoms with van der Waals surface area (Å²) in [4.78, 5) is 26.0. The van der Waals surface area contributed by atoms with Gasteiger partial charge in [0.25, 0.3) is 5.91 Å². The molecule has 0 saturated carbocycles. The summed E-state index contributed by atoms with van der Waals surface area (Å²) in [6, 6.07) is 16.0. The quantitative estimate of drug-likeness (QED) is 0.475. The van der Waals surface area contributed by atoms with E-state index in [9.17, 15) is 14.0 Å². The summed E-state index contributed by atoms with van der Waals surface area (Å²) in [6.07, 6.45) is 3.33. The van der Waals surface area contributed by atoms with Crippen LogP contribution in [0.4, 0.5) is 15.8 Å². The molecule has 0 atom stereocenters. The van der Waals surface area contributed by atoms with Crippen LogP contribution in [0.2, 0.25) is 5.02 Å². The Hall–Kier alpha value is -3.44. The minimum Gasteiger partial charge on any atom is -0.478 e. The monoisotopic (exact) mass is 435 g/mol. The van der Waals surface area contributed by atoms with E-state index in [1.165, 1.54) is 35.2 Å². The van der Waals surface area contributed by atoms with Gasteiger partial charge >= 0.3 is 5.97 Å². The molecule has 1 aliphatic heterocycles. The number of nitrogens with zero attached hydrogens (tertiary/aromatic N) is 1. The van der Waals surface area contributed by atoms with Gasteiger partial charge in [-0.1, -0.05) is 43.1 Å². The van der Waals surface area contributed by atoms with Gasteiger partial charge in [-0.25, -0.2) is 9.18 Å². The average molecular weight is 436 g/mol. The van der Waals surface area contributed by atoms with Crippen molar-refractivity contribution in [2.24, 2.45) is 0 Å². The smallest absolute Gasteiger partial charge is 0.335 e. The maximum Gasteiger partial charge on any atom is 0.335 e. The lowest BCUT2D eigenvalue weighted by molar-refractivity contribution is -0.112. The van der Waals surface area contributed by atoms with Crippen LogP contribution in [0.3, 0.4) is 0 Å². The second kappa shape index (κ2) is 8.36. The first-order valence-electron chi connectivity index (χ1n) is 9.88. The van der Waals surface area contributed by atoms with Gasteiger partial charge in [-0.15, -0.1) is 0 Å². The van der Waals surface area contributed by atoms with E-state index in [0.29, 0.717) is 22.0 Å². The minimum absolute atomic E-state index is 0.103. The molecule has 0 spiro atoms. The molecule has 1 heterocycles. The third kappa shape index (κ3) is 3.73. The molecule has 1 amide bonds. The summed E-state index contributed by atoms with van der Waals surface area (Å²) in [6.45, 7) is 2.05. The number of hydrogen-bond acceptors (Lipinski definition) is 2. The van der Waals surface area contributed by atoms with Crippen LogP contribution in [0, 0.1) is 5.82 Å². The highest BCUT2D eigenvalue weighted by Crippen LogP contribution is 2.44. The van der Waals surface area contributed by atoms with E-state index in [-0.39, 0.29) is 16.7 Å². The summed E-state index contributed by atoms with van der Waals surface area (Å²) in [5.74, 6) is -1.97. The van der Waals surface area contributed by atoms with E-state index in [0.717, 1.165) is 18.4 Å². The lowest BCUT2D eigenvalue weighted by Gasteiger charge is -2.17. The number of hydrogen-bond donors (Lipinski definition) is 1. The number of carboxylic acids is 1.